The summed E-state index contributed by atoms with van der Waals surface area (Å²) in [6, 6.07) is 8.43. The van der Waals surface area contributed by atoms with Crippen LogP contribution in [0.3, 0.4) is 0 Å². The molecule has 1 aromatic rings. The first-order chi connectivity index (χ1) is 6.70. The van der Waals surface area contributed by atoms with Crippen LogP contribution in [0.25, 0.3) is 6.08 Å². The van der Waals surface area contributed by atoms with Crippen LogP contribution in [0.1, 0.15) is 46.2 Å². The first kappa shape index (κ1) is 16.4. The number of hydrogen-bond donors (Lipinski definition) is 0. The molecule has 0 amide bonds. The minimum absolute atomic E-state index is 0. The molecule has 0 heterocycles. The van der Waals surface area contributed by atoms with Crippen molar-refractivity contribution in [2.24, 2.45) is 5.92 Å². The quantitative estimate of drug-likeness (QED) is 0.614. The molecule has 0 aromatic heterocycles. The Labute approximate surface area is 96.0 Å². The summed E-state index contributed by atoms with van der Waals surface area (Å²) < 4.78 is 0. The Morgan fingerprint density at radius 3 is 2.07 bits per heavy atom. The Kier molecular flexibility index (Phi) is 10.4. The van der Waals surface area contributed by atoms with Crippen LogP contribution < -0.4 is 0 Å². The molecule has 0 saturated carbocycles. The van der Waals surface area contributed by atoms with Crippen molar-refractivity contribution in [1.82, 2.24) is 0 Å². The third-order valence-electron chi connectivity index (χ3n) is 1.85. The molecule has 0 nitrogen and oxygen atoms in total. The maximum absolute atomic E-state index is 2.22. The summed E-state index contributed by atoms with van der Waals surface area (Å²) in [6.45, 7) is 10.5. The number of benzene rings is 1. The monoisotopic (exact) mass is 206 g/mol. The van der Waals surface area contributed by atoms with Crippen molar-refractivity contribution in [2.45, 2.75) is 42.0 Å². The van der Waals surface area contributed by atoms with Gasteiger partial charge in [-0.05, 0) is 24.0 Å². The number of hydrogen-bond acceptors (Lipinski definition) is 0. The van der Waals surface area contributed by atoms with Gasteiger partial charge in [0, 0.05) is 0 Å². The predicted octanol–water partition coefficient (Wildman–Crippen LogP) is 5.33. The summed E-state index contributed by atoms with van der Waals surface area (Å²) in [6.07, 6.45) is 4.42. The molecule has 1 aromatic carbocycles. The summed E-state index contributed by atoms with van der Waals surface area (Å²) in [4.78, 5) is 0. The van der Waals surface area contributed by atoms with Gasteiger partial charge >= 0.3 is 0 Å². The van der Waals surface area contributed by atoms with E-state index in [1.54, 1.807) is 0 Å². The van der Waals surface area contributed by atoms with Crippen LogP contribution in [0.15, 0.2) is 30.3 Å². The van der Waals surface area contributed by atoms with Gasteiger partial charge in [0.2, 0.25) is 0 Å². The highest BCUT2D eigenvalue weighted by Crippen LogP contribution is 2.10. The van der Waals surface area contributed by atoms with Gasteiger partial charge in [0.25, 0.3) is 0 Å². The summed E-state index contributed by atoms with van der Waals surface area (Å²) in [5.41, 5.74) is 2.67. The average molecular weight is 206 g/mol. The van der Waals surface area contributed by atoms with E-state index in [0.717, 1.165) is 0 Å². The molecule has 0 unspecified atom stereocenters. The Balaban J connectivity index is 0. The minimum Gasteiger partial charge on any atom is -0.0814 e. The maximum atomic E-state index is 2.22. The van der Waals surface area contributed by atoms with Crippen molar-refractivity contribution in [3.8, 4) is 0 Å². The van der Waals surface area contributed by atoms with Gasteiger partial charge in [0.15, 0.2) is 0 Å². The SMILES string of the molecule is C.CC.Cc1ccccc1/C=C\C(C)C. The van der Waals surface area contributed by atoms with Crippen molar-refractivity contribution in [2.75, 3.05) is 0 Å². The second-order valence-corrected chi connectivity index (χ2v) is 3.46. The van der Waals surface area contributed by atoms with Crippen molar-refractivity contribution in [1.29, 1.82) is 0 Å². The second-order valence-electron chi connectivity index (χ2n) is 3.46. The molecule has 0 bridgehead atoms. The van der Waals surface area contributed by atoms with Crippen LogP contribution in [0.2, 0.25) is 0 Å². The van der Waals surface area contributed by atoms with Gasteiger partial charge in [0.1, 0.15) is 0 Å². The van der Waals surface area contributed by atoms with E-state index < -0.39 is 0 Å². The highest BCUT2D eigenvalue weighted by molar-refractivity contribution is 5.53. The van der Waals surface area contributed by atoms with Crippen LogP contribution in [-0.2, 0) is 0 Å². The normalized spacial score (nSPS) is 9.47. The molecule has 0 radical (unpaired) electrons. The summed E-state index contributed by atoms with van der Waals surface area (Å²) in [7, 11) is 0. The Hall–Kier alpha value is -1.04. The lowest BCUT2D eigenvalue weighted by Crippen LogP contribution is -1.81. The van der Waals surface area contributed by atoms with E-state index in [9.17, 15) is 0 Å². The molecule has 0 N–H and O–H groups in total. The lowest BCUT2D eigenvalue weighted by atomic mass is 10.1. The standard InChI is InChI=1S/C12H16.C2H6.CH4/c1-10(2)8-9-12-7-5-4-6-11(12)3;1-2;/h4-10H,1-3H3;1-2H3;1H4/b9-8-;;. The highest BCUT2D eigenvalue weighted by Gasteiger charge is 1.90. The molecule has 0 atom stereocenters. The summed E-state index contributed by atoms with van der Waals surface area (Å²) in [5, 5.41) is 0. The zero-order valence-electron chi connectivity index (χ0n) is 10.0. The molecule has 0 spiro atoms. The highest BCUT2D eigenvalue weighted by atomic mass is 14.0. The number of rotatable bonds is 2. The molecule has 1 rings (SSSR count). The van der Waals surface area contributed by atoms with E-state index in [2.05, 4.69) is 57.2 Å². The van der Waals surface area contributed by atoms with Crippen molar-refractivity contribution >= 4 is 6.08 Å². The van der Waals surface area contributed by atoms with Gasteiger partial charge in [-0.25, -0.2) is 0 Å². The fourth-order valence-corrected chi connectivity index (χ4v) is 1.07. The van der Waals surface area contributed by atoms with Gasteiger partial charge < -0.3 is 0 Å². The largest absolute Gasteiger partial charge is 0.0814 e. The zero-order valence-corrected chi connectivity index (χ0v) is 10.0. The van der Waals surface area contributed by atoms with Crippen LogP contribution in [-0.4, -0.2) is 0 Å². The number of allylic oxidation sites excluding steroid dienone is 1. The summed E-state index contributed by atoms with van der Waals surface area (Å²) in [5.74, 6) is 0.629. The lowest BCUT2D eigenvalue weighted by Gasteiger charge is -1.99. The van der Waals surface area contributed by atoms with Gasteiger partial charge in [0.05, 0.1) is 0 Å². The van der Waals surface area contributed by atoms with Gasteiger partial charge in [-0.2, -0.15) is 0 Å². The fourth-order valence-electron chi connectivity index (χ4n) is 1.07. The van der Waals surface area contributed by atoms with Crippen LogP contribution in [0.4, 0.5) is 0 Å². The van der Waals surface area contributed by atoms with E-state index in [1.807, 2.05) is 13.8 Å². The van der Waals surface area contributed by atoms with E-state index in [-0.39, 0.29) is 7.43 Å². The molecule has 0 fully saturated rings. The van der Waals surface area contributed by atoms with Crippen molar-refractivity contribution in [3.05, 3.63) is 41.5 Å². The third-order valence-corrected chi connectivity index (χ3v) is 1.85. The first-order valence-corrected chi connectivity index (χ1v) is 5.44. The van der Waals surface area contributed by atoms with Gasteiger partial charge in [-0.1, -0.05) is 71.5 Å². The van der Waals surface area contributed by atoms with Crippen molar-refractivity contribution < 1.29 is 0 Å². The Morgan fingerprint density at radius 2 is 1.60 bits per heavy atom. The fraction of sp³-hybridized carbons (Fsp3) is 0.467. The molecule has 15 heavy (non-hydrogen) atoms. The molecule has 0 saturated heterocycles. The van der Waals surface area contributed by atoms with Crippen LogP contribution >= 0.6 is 0 Å². The molecule has 0 aliphatic carbocycles. The second kappa shape index (κ2) is 9.51. The minimum atomic E-state index is 0. The average Bonchev–Trinajstić information content (AvgIpc) is 2.19. The molecule has 0 aliphatic heterocycles. The Morgan fingerprint density at radius 1 is 1.07 bits per heavy atom. The topological polar surface area (TPSA) is 0 Å². The van der Waals surface area contributed by atoms with E-state index in [1.165, 1.54) is 11.1 Å². The van der Waals surface area contributed by atoms with Crippen LogP contribution in [0, 0.1) is 12.8 Å². The smallest absolute Gasteiger partial charge is 0.0230 e. The van der Waals surface area contributed by atoms with E-state index >= 15 is 0 Å². The zero-order chi connectivity index (χ0) is 11.0. The van der Waals surface area contributed by atoms with Gasteiger partial charge in [-0.3, -0.25) is 0 Å². The Bertz CT molecular complexity index is 269. The maximum Gasteiger partial charge on any atom is -0.0230 e. The first-order valence-electron chi connectivity index (χ1n) is 5.44. The third kappa shape index (κ3) is 6.96. The lowest BCUT2D eigenvalue weighted by molar-refractivity contribution is 0.836. The van der Waals surface area contributed by atoms with Crippen LogP contribution in [0.5, 0.6) is 0 Å². The molecule has 0 heteroatoms. The molecular formula is C15H26. The number of aryl methyl sites for hydroxylation is 1. The van der Waals surface area contributed by atoms with Gasteiger partial charge in [-0.15, -0.1) is 0 Å². The molecule has 0 aliphatic rings. The van der Waals surface area contributed by atoms with E-state index in [0.29, 0.717) is 5.92 Å². The molecular weight excluding hydrogens is 180 g/mol. The predicted molar refractivity (Wildman–Crippen MR) is 73.1 cm³/mol. The molecule has 86 valence electrons. The van der Waals surface area contributed by atoms with Crippen molar-refractivity contribution in [3.63, 3.8) is 0 Å². The summed E-state index contributed by atoms with van der Waals surface area (Å²) >= 11 is 0. The van der Waals surface area contributed by atoms with E-state index in [4.69, 9.17) is 0 Å².